The van der Waals surface area contributed by atoms with Gasteiger partial charge in [0.1, 0.15) is 12.4 Å². The number of carbonyl (C=O) groups excluding carboxylic acids is 1. The van der Waals surface area contributed by atoms with Crippen LogP contribution >= 0.6 is 0 Å². The van der Waals surface area contributed by atoms with E-state index >= 15 is 0 Å². The van der Waals surface area contributed by atoms with E-state index in [0.717, 1.165) is 44.5 Å². The minimum Gasteiger partial charge on any atom is -0.489 e. The molecule has 1 saturated heterocycles. The highest BCUT2D eigenvalue weighted by atomic mass is 16.5. The summed E-state index contributed by atoms with van der Waals surface area (Å²) in [5.41, 5.74) is 8.75. The molecule has 2 N–H and O–H groups in total. The fourth-order valence-corrected chi connectivity index (χ4v) is 4.36. The van der Waals surface area contributed by atoms with Crippen molar-refractivity contribution < 1.29 is 9.53 Å². The molecule has 1 amide bonds. The Kier molecular flexibility index (Phi) is 8.09. The molecule has 7 heteroatoms. The van der Waals surface area contributed by atoms with E-state index in [0.29, 0.717) is 31.2 Å². The SMILES string of the molecule is NC(=O)CC1CCN(Cc2ccc(CCn3ccc(OCc4ccncc4)cc3=O)cc2)CC1. The Bertz CT molecular complexity index is 1120. The zero-order valence-corrected chi connectivity index (χ0v) is 19.4. The van der Waals surface area contributed by atoms with Crippen LogP contribution in [0.25, 0.3) is 0 Å². The van der Waals surface area contributed by atoms with Crippen molar-refractivity contribution in [1.29, 1.82) is 0 Å². The van der Waals surface area contributed by atoms with E-state index < -0.39 is 0 Å². The van der Waals surface area contributed by atoms with E-state index in [1.165, 1.54) is 17.2 Å². The third kappa shape index (κ3) is 7.02. The second-order valence-corrected chi connectivity index (χ2v) is 8.99. The number of hydrogen-bond acceptors (Lipinski definition) is 5. The molecule has 2 aromatic heterocycles. The predicted molar refractivity (Wildman–Crippen MR) is 131 cm³/mol. The van der Waals surface area contributed by atoms with Gasteiger partial charge < -0.3 is 15.0 Å². The number of amides is 1. The maximum absolute atomic E-state index is 12.5. The molecule has 3 heterocycles. The molecule has 0 bridgehead atoms. The lowest BCUT2D eigenvalue weighted by Gasteiger charge is -2.31. The van der Waals surface area contributed by atoms with E-state index in [1.807, 2.05) is 18.2 Å². The number of nitrogens with zero attached hydrogens (tertiary/aromatic N) is 3. The molecule has 3 aromatic rings. The molecular formula is C27H32N4O3. The summed E-state index contributed by atoms with van der Waals surface area (Å²) in [5, 5.41) is 0. The van der Waals surface area contributed by atoms with Crippen LogP contribution in [0.1, 0.15) is 36.0 Å². The van der Waals surface area contributed by atoms with E-state index in [4.69, 9.17) is 10.5 Å². The topological polar surface area (TPSA) is 90.5 Å². The van der Waals surface area contributed by atoms with Gasteiger partial charge in [0.05, 0.1) is 0 Å². The van der Waals surface area contributed by atoms with E-state index in [2.05, 4.69) is 34.1 Å². The first-order chi connectivity index (χ1) is 16.5. The first kappa shape index (κ1) is 23.7. The largest absolute Gasteiger partial charge is 0.489 e. The number of benzene rings is 1. The number of piperidine rings is 1. The molecule has 4 rings (SSSR count). The van der Waals surface area contributed by atoms with Gasteiger partial charge in [0, 0.05) is 44.2 Å². The first-order valence-electron chi connectivity index (χ1n) is 11.9. The lowest BCUT2D eigenvalue weighted by molar-refractivity contribution is -0.119. The Balaban J connectivity index is 1.23. The summed E-state index contributed by atoms with van der Waals surface area (Å²) in [6.07, 6.45) is 8.59. The van der Waals surface area contributed by atoms with E-state index in [1.54, 1.807) is 23.2 Å². The number of ether oxygens (including phenoxy) is 1. The number of primary amides is 1. The Labute approximate surface area is 200 Å². The minimum atomic E-state index is -0.193. The molecule has 0 atom stereocenters. The second kappa shape index (κ2) is 11.6. The summed E-state index contributed by atoms with van der Waals surface area (Å²) < 4.78 is 7.43. The fraction of sp³-hybridized carbons (Fsp3) is 0.370. The van der Waals surface area contributed by atoms with Crippen LogP contribution in [0.2, 0.25) is 0 Å². The van der Waals surface area contributed by atoms with Crippen LogP contribution in [0, 0.1) is 5.92 Å². The van der Waals surface area contributed by atoms with Gasteiger partial charge in [-0.15, -0.1) is 0 Å². The molecule has 1 aliphatic rings. The molecule has 0 radical (unpaired) electrons. The number of rotatable bonds is 10. The van der Waals surface area contributed by atoms with Gasteiger partial charge in [0.2, 0.25) is 5.91 Å². The molecule has 1 fully saturated rings. The molecule has 0 aliphatic carbocycles. The molecule has 0 saturated carbocycles. The van der Waals surface area contributed by atoms with Crippen LogP contribution in [0.5, 0.6) is 5.75 Å². The average Bonchev–Trinajstić information content (AvgIpc) is 2.85. The van der Waals surface area contributed by atoms with Gasteiger partial charge >= 0.3 is 0 Å². The Morgan fingerprint density at radius 1 is 1.00 bits per heavy atom. The number of aromatic nitrogens is 2. The third-order valence-electron chi connectivity index (χ3n) is 6.39. The maximum Gasteiger partial charge on any atom is 0.254 e. The lowest BCUT2D eigenvalue weighted by atomic mass is 9.93. The third-order valence-corrected chi connectivity index (χ3v) is 6.39. The highest BCUT2D eigenvalue weighted by Crippen LogP contribution is 2.21. The van der Waals surface area contributed by atoms with Gasteiger partial charge in [-0.1, -0.05) is 24.3 Å². The molecular weight excluding hydrogens is 428 g/mol. The Hall–Kier alpha value is -3.45. The smallest absolute Gasteiger partial charge is 0.254 e. The summed E-state index contributed by atoms with van der Waals surface area (Å²) in [4.78, 5) is 30.0. The van der Waals surface area contributed by atoms with Gasteiger partial charge in [-0.3, -0.25) is 19.5 Å². The van der Waals surface area contributed by atoms with Gasteiger partial charge in [0.15, 0.2) is 0 Å². The summed E-state index contributed by atoms with van der Waals surface area (Å²) >= 11 is 0. The highest BCUT2D eigenvalue weighted by molar-refractivity contribution is 5.73. The quantitative estimate of drug-likeness (QED) is 0.502. The van der Waals surface area contributed by atoms with Crippen molar-refractivity contribution in [2.45, 2.75) is 45.4 Å². The first-order valence-corrected chi connectivity index (χ1v) is 11.9. The number of carbonyl (C=O) groups is 1. The normalized spacial score (nSPS) is 14.7. The zero-order chi connectivity index (χ0) is 23.8. The molecule has 34 heavy (non-hydrogen) atoms. The van der Waals surface area contributed by atoms with E-state index in [9.17, 15) is 9.59 Å². The van der Waals surface area contributed by atoms with Crippen LogP contribution in [0.3, 0.4) is 0 Å². The standard InChI is InChI=1S/C27H32N4O3/c28-26(32)17-22-7-13-30(14-8-22)19-23-3-1-21(2-4-23)9-15-31-16-10-25(18-27(31)33)34-20-24-5-11-29-12-6-24/h1-6,10-12,16,18,22H,7-9,13-15,17,19-20H2,(H2,28,32). The predicted octanol–water partition coefficient (Wildman–Crippen LogP) is 3.15. The molecule has 7 nitrogen and oxygen atoms in total. The van der Waals surface area contributed by atoms with Crippen molar-refractivity contribution >= 4 is 5.91 Å². The molecule has 1 aliphatic heterocycles. The summed E-state index contributed by atoms with van der Waals surface area (Å²) in [6, 6.07) is 15.8. The van der Waals surface area contributed by atoms with Crippen LogP contribution in [-0.4, -0.2) is 33.4 Å². The molecule has 0 spiro atoms. The number of pyridine rings is 2. The van der Waals surface area contributed by atoms with Gasteiger partial charge in [-0.2, -0.15) is 0 Å². The van der Waals surface area contributed by atoms with Crippen molar-refractivity contribution in [3.63, 3.8) is 0 Å². The van der Waals surface area contributed by atoms with Crippen molar-refractivity contribution in [3.05, 3.63) is 94.2 Å². The zero-order valence-electron chi connectivity index (χ0n) is 19.4. The number of likely N-dealkylation sites (tertiary alicyclic amines) is 1. The van der Waals surface area contributed by atoms with Crippen molar-refractivity contribution in [1.82, 2.24) is 14.5 Å². The fourth-order valence-electron chi connectivity index (χ4n) is 4.36. The second-order valence-electron chi connectivity index (χ2n) is 8.99. The van der Waals surface area contributed by atoms with Gasteiger partial charge in [0.25, 0.3) is 5.56 Å². The van der Waals surface area contributed by atoms with Crippen LogP contribution in [0.4, 0.5) is 0 Å². The van der Waals surface area contributed by atoms with Gasteiger partial charge in [-0.05, 0) is 73.2 Å². The number of nitrogens with two attached hydrogens (primary N) is 1. The van der Waals surface area contributed by atoms with Crippen LogP contribution in [0.15, 0.2) is 71.9 Å². The highest BCUT2D eigenvalue weighted by Gasteiger charge is 2.20. The molecule has 0 unspecified atom stereocenters. The monoisotopic (exact) mass is 460 g/mol. The Morgan fingerprint density at radius 2 is 1.71 bits per heavy atom. The minimum absolute atomic E-state index is 0.0661. The summed E-state index contributed by atoms with van der Waals surface area (Å²) in [6.45, 7) is 3.96. The number of aryl methyl sites for hydroxylation is 2. The van der Waals surface area contributed by atoms with Crippen molar-refractivity contribution in [2.24, 2.45) is 11.7 Å². The van der Waals surface area contributed by atoms with Crippen molar-refractivity contribution in [2.75, 3.05) is 13.1 Å². The molecule has 1 aromatic carbocycles. The van der Waals surface area contributed by atoms with E-state index in [-0.39, 0.29) is 11.5 Å². The van der Waals surface area contributed by atoms with Crippen LogP contribution < -0.4 is 16.0 Å². The van der Waals surface area contributed by atoms with Crippen LogP contribution in [-0.2, 0) is 30.9 Å². The maximum atomic E-state index is 12.5. The Morgan fingerprint density at radius 3 is 2.38 bits per heavy atom. The number of hydrogen-bond donors (Lipinski definition) is 1. The lowest BCUT2D eigenvalue weighted by Crippen LogP contribution is -2.34. The van der Waals surface area contributed by atoms with Crippen molar-refractivity contribution in [3.8, 4) is 5.75 Å². The molecule has 178 valence electrons. The summed E-state index contributed by atoms with van der Waals surface area (Å²) in [7, 11) is 0. The average molecular weight is 461 g/mol. The van der Waals surface area contributed by atoms with Gasteiger partial charge in [-0.25, -0.2) is 0 Å². The summed E-state index contributed by atoms with van der Waals surface area (Å²) in [5.74, 6) is 0.809.